The molecule has 1 unspecified atom stereocenters. The first-order valence-corrected chi connectivity index (χ1v) is 8.44. The van der Waals surface area contributed by atoms with E-state index in [2.05, 4.69) is 0 Å². The summed E-state index contributed by atoms with van der Waals surface area (Å²) in [4.78, 5) is 24.8. The highest BCUT2D eigenvalue weighted by Gasteiger charge is 2.22. The lowest BCUT2D eigenvalue weighted by Crippen LogP contribution is -2.39. The molecule has 1 aromatic carbocycles. The average molecular weight is 370 g/mol. The number of pyridine rings is 1. The monoisotopic (exact) mass is 369 g/mol. The fraction of sp³-hybridized carbons (Fsp3) is 0.444. The minimum Gasteiger partial charge on any atom is -0.462 e. The molecule has 2 aromatic rings. The van der Waals surface area contributed by atoms with E-state index in [4.69, 9.17) is 16.3 Å². The highest BCUT2D eigenvalue weighted by atomic mass is 35.5. The lowest BCUT2D eigenvalue weighted by molar-refractivity contribution is -0.872. The van der Waals surface area contributed by atoms with Gasteiger partial charge in [-0.3, -0.25) is 4.79 Å². The van der Waals surface area contributed by atoms with Crippen LogP contribution in [0.15, 0.2) is 23.1 Å². The molecule has 0 saturated heterocycles. The van der Waals surface area contributed by atoms with Gasteiger partial charge in [0.05, 0.1) is 50.9 Å². The fourth-order valence-corrected chi connectivity index (χ4v) is 3.10. The number of benzene rings is 1. The minimum atomic E-state index is -0.712. The van der Waals surface area contributed by atoms with Crippen molar-refractivity contribution in [1.82, 2.24) is 4.57 Å². The van der Waals surface area contributed by atoms with E-state index in [-0.39, 0.29) is 28.6 Å². The van der Waals surface area contributed by atoms with Crippen LogP contribution in [-0.4, -0.2) is 49.3 Å². The normalized spacial score (nSPS) is 13.1. The van der Waals surface area contributed by atoms with Crippen molar-refractivity contribution in [2.75, 3.05) is 34.3 Å². The number of halogens is 2. The van der Waals surface area contributed by atoms with Crippen molar-refractivity contribution < 1.29 is 18.4 Å². The summed E-state index contributed by atoms with van der Waals surface area (Å²) < 4.78 is 21.4. The molecule has 2 rings (SSSR count). The zero-order chi connectivity index (χ0) is 18.9. The Labute approximate surface area is 151 Å². The summed E-state index contributed by atoms with van der Waals surface area (Å²) in [5.74, 6) is -1.41. The van der Waals surface area contributed by atoms with Crippen molar-refractivity contribution in [1.29, 1.82) is 0 Å². The third kappa shape index (κ3) is 4.19. The number of hydrogen-bond acceptors (Lipinski definition) is 3. The summed E-state index contributed by atoms with van der Waals surface area (Å²) >= 11 is 5.92. The highest BCUT2D eigenvalue weighted by Crippen LogP contribution is 2.25. The number of quaternary nitrogens is 1. The summed E-state index contributed by atoms with van der Waals surface area (Å²) in [5, 5.41) is 0.0442. The number of ether oxygens (including phenoxy) is 1. The smallest absolute Gasteiger partial charge is 0.343 e. The van der Waals surface area contributed by atoms with Crippen molar-refractivity contribution in [3.8, 4) is 0 Å². The molecule has 25 heavy (non-hydrogen) atoms. The molecule has 0 N–H and O–H groups in total. The van der Waals surface area contributed by atoms with Crippen LogP contribution in [0.2, 0.25) is 5.02 Å². The molecular weight excluding hydrogens is 347 g/mol. The van der Waals surface area contributed by atoms with Crippen LogP contribution in [0, 0.1) is 5.82 Å². The fourth-order valence-electron chi connectivity index (χ4n) is 2.94. The van der Waals surface area contributed by atoms with E-state index in [1.54, 1.807) is 11.5 Å². The van der Waals surface area contributed by atoms with E-state index < -0.39 is 17.2 Å². The number of carbonyl (C=O) groups excluding carboxylic acids is 1. The number of hydrogen-bond donors (Lipinski definition) is 0. The van der Waals surface area contributed by atoms with Crippen LogP contribution in [-0.2, 0) is 4.74 Å². The average Bonchev–Trinajstić information content (AvgIpc) is 2.48. The molecule has 0 amide bonds. The molecule has 0 aliphatic carbocycles. The Hall–Kier alpha value is -1.92. The lowest BCUT2D eigenvalue weighted by atomic mass is 10.1. The number of carbonyl (C=O) groups is 1. The Morgan fingerprint density at radius 3 is 2.56 bits per heavy atom. The van der Waals surface area contributed by atoms with Gasteiger partial charge in [0, 0.05) is 11.6 Å². The molecule has 1 aromatic heterocycles. The molecule has 0 radical (unpaired) electrons. The summed E-state index contributed by atoms with van der Waals surface area (Å²) in [6.45, 7) is 4.52. The molecule has 0 aliphatic heterocycles. The van der Waals surface area contributed by atoms with Gasteiger partial charge in [-0.1, -0.05) is 11.6 Å². The first kappa shape index (κ1) is 19.4. The van der Waals surface area contributed by atoms with Crippen LogP contribution in [0.4, 0.5) is 4.39 Å². The molecule has 0 bridgehead atoms. The van der Waals surface area contributed by atoms with E-state index in [0.717, 1.165) is 12.6 Å². The Bertz CT molecular complexity index is 871. The van der Waals surface area contributed by atoms with Gasteiger partial charge in [-0.15, -0.1) is 0 Å². The van der Waals surface area contributed by atoms with Crippen molar-refractivity contribution >= 4 is 28.5 Å². The Kier molecular flexibility index (Phi) is 5.54. The second-order valence-corrected chi connectivity index (χ2v) is 7.51. The van der Waals surface area contributed by atoms with Crippen LogP contribution in [0.25, 0.3) is 10.9 Å². The summed E-state index contributed by atoms with van der Waals surface area (Å²) in [7, 11) is 6.13. The number of fused-ring (bicyclic) bond motifs is 1. The van der Waals surface area contributed by atoms with Crippen LogP contribution in [0.3, 0.4) is 0 Å². The zero-order valence-corrected chi connectivity index (χ0v) is 15.9. The lowest BCUT2D eigenvalue weighted by Gasteiger charge is -2.29. The molecule has 0 spiro atoms. The first-order valence-electron chi connectivity index (χ1n) is 8.06. The van der Waals surface area contributed by atoms with Crippen LogP contribution < -0.4 is 5.43 Å². The van der Waals surface area contributed by atoms with Crippen molar-refractivity contribution in [2.24, 2.45) is 0 Å². The number of esters is 1. The molecule has 136 valence electrons. The molecule has 0 fully saturated rings. The first-order chi connectivity index (χ1) is 11.5. The number of nitrogens with zero attached hydrogens (tertiary/aromatic N) is 2. The maximum absolute atomic E-state index is 13.9. The Balaban J connectivity index is 2.77. The Morgan fingerprint density at radius 2 is 2.00 bits per heavy atom. The quantitative estimate of drug-likeness (QED) is 0.600. The number of aromatic nitrogens is 1. The van der Waals surface area contributed by atoms with Gasteiger partial charge in [-0.25, -0.2) is 9.18 Å². The molecule has 0 aliphatic rings. The maximum Gasteiger partial charge on any atom is 0.343 e. The van der Waals surface area contributed by atoms with Gasteiger partial charge >= 0.3 is 5.97 Å². The topological polar surface area (TPSA) is 48.3 Å². The molecule has 1 atom stereocenters. The molecule has 7 heteroatoms. The van der Waals surface area contributed by atoms with Gasteiger partial charge in [0.25, 0.3) is 0 Å². The highest BCUT2D eigenvalue weighted by molar-refractivity contribution is 6.31. The van der Waals surface area contributed by atoms with Gasteiger partial charge in [0.2, 0.25) is 5.43 Å². The molecular formula is C18H23ClFN2O3+. The van der Waals surface area contributed by atoms with Crippen LogP contribution in [0.1, 0.15) is 30.2 Å². The van der Waals surface area contributed by atoms with Gasteiger partial charge in [0.15, 0.2) is 0 Å². The number of likely N-dealkylation sites (N-methyl/N-ethyl adjacent to an activating group) is 1. The molecule has 5 nitrogen and oxygen atoms in total. The van der Waals surface area contributed by atoms with E-state index in [0.29, 0.717) is 10.00 Å². The minimum absolute atomic E-state index is 0.0576. The zero-order valence-electron chi connectivity index (χ0n) is 15.1. The van der Waals surface area contributed by atoms with Gasteiger partial charge in [-0.2, -0.15) is 0 Å². The van der Waals surface area contributed by atoms with Crippen molar-refractivity contribution in [3.05, 3.63) is 45.0 Å². The van der Waals surface area contributed by atoms with E-state index >= 15 is 0 Å². The van der Waals surface area contributed by atoms with Crippen LogP contribution >= 0.6 is 11.6 Å². The van der Waals surface area contributed by atoms with E-state index in [1.165, 1.54) is 12.3 Å². The summed E-state index contributed by atoms with van der Waals surface area (Å²) in [6, 6.07) is 2.45. The van der Waals surface area contributed by atoms with Gasteiger partial charge in [-0.05, 0) is 26.0 Å². The maximum atomic E-state index is 13.9. The summed E-state index contributed by atoms with van der Waals surface area (Å²) in [5.41, 5.74) is -0.174. The SMILES string of the molecule is CCOC(=O)c1cn(C(C)C[N+](C)(C)C)c2cc(Cl)c(F)cc2c1=O. The van der Waals surface area contributed by atoms with E-state index in [9.17, 15) is 14.0 Å². The molecule has 0 saturated carbocycles. The second kappa shape index (κ2) is 7.14. The predicted molar refractivity (Wildman–Crippen MR) is 96.7 cm³/mol. The van der Waals surface area contributed by atoms with Gasteiger partial charge < -0.3 is 13.8 Å². The van der Waals surface area contributed by atoms with Crippen molar-refractivity contribution in [3.63, 3.8) is 0 Å². The van der Waals surface area contributed by atoms with Crippen LogP contribution in [0.5, 0.6) is 0 Å². The van der Waals surface area contributed by atoms with Gasteiger partial charge in [0.1, 0.15) is 11.4 Å². The third-order valence-electron chi connectivity index (χ3n) is 3.86. The standard InChI is InChI=1S/C18H23ClFN2O3/c1-6-25-18(24)13-9-21(11(2)10-22(3,4)5)16-8-14(19)15(20)7-12(16)17(13)23/h7-9,11H,6,10H2,1-5H3/q+1. The number of rotatable bonds is 5. The molecule has 1 heterocycles. The summed E-state index contributed by atoms with van der Waals surface area (Å²) in [6.07, 6.45) is 1.48. The van der Waals surface area contributed by atoms with Crippen molar-refractivity contribution in [2.45, 2.75) is 19.9 Å². The third-order valence-corrected chi connectivity index (χ3v) is 4.15. The predicted octanol–water partition coefficient (Wildman–Crippen LogP) is 3.24. The van der Waals surface area contributed by atoms with E-state index in [1.807, 2.05) is 28.1 Å². The second-order valence-electron chi connectivity index (χ2n) is 7.11. The Morgan fingerprint density at radius 1 is 1.36 bits per heavy atom. The largest absolute Gasteiger partial charge is 0.462 e.